The van der Waals surface area contributed by atoms with Crippen LogP contribution in [0.5, 0.6) is 0 Å². The molecule has 2 rings (SSSR count). The van der Waals surface area contributed by atoms with E-state index in [-0.39, 0.29) is 0 Å². The predicted molar refractivity (Wildman–Crippen MR) is 77.5 cm³/mol. The Hall–Kier alpha value is -0.860. The number of aryl methyl sites for hydroxylation is 1. The van der Waals surface area contributed by atoms with Crippen molar-refractivity contribution in [3.8, 4) is 0 Å². The van der Waals surface area contributed by atoms with Crippen LogP contribution in [0.2, 0.25) is 0 Å². The smallest absolute Gasteiger partial charge is 0.0218 e. The van der Waals surface area contributed by atoms with Gasteiger partial charge in [-0.05, 0) is 43.7 Å². The number of nitrogens with zero attached hydrogens (tertiary/aromatic N) is 1. The first-order valence-corrected chi connectivity index (χ1v) is 7.15. The van der Waals surface area contributed by atoms with Gasteiger partial charge in [0.05, 0.1) is 0 Å². The fourth-order valence-electron chi connectivity index (χ4n) is 2.67. The Morgan fingerprint density at radius 1 is 1.33 bits per heavy atom. The van der Waals surface area contributed by atoms with E-state index in [1.54, 1.807) is 0 Å². The van der Waals surface area contributed by atoms with Gasteiger partial charge in [-0.3, -0.25) is 0 Å². The molecular formula is C16H26N2. The van der Waals surface area contributed by atoms with Crippen LogP contribution in [-0.4, -0.2) is 31.1 Å². The average molecular weight is 246 g/mol. The lowest BCUT2D eigenvalue weighted by molar-refractivity contribution is 0.223. The lowest BCUT2D eigenvalue weighted by Crippen LogP contribution is -2.39. The Balaban J connectivity index is 1.77. The van der Waals surface area contributed by atoms with Gasteiger partial charge in [-0.2, -0.15) is 0 Å². The van der Waals surface area contributed by atoms with Gasteiger partial charge in [0.25, 0.3) is 0 Å². The van der Waals surface area contributed by atoms with Gasteiger partial charge in [0, 0.05) is 19.1 Å². The minimum absolute atomic E-state index is 0.526. The van der Waals surface area contributed by atoms with E-state index in [9.17, 15) is 0 Å². The molecule has 1 aliphatic carbocycles. The highest BCUT2D eigenvalue weighted by atomic mass is 15.1. The summed E-state index contributed by atoms with van der Waals surface area (Å²) >= 11 is 0. The summed E-state index contributed by atoms with van der Waals surface area (Å²) in [5.41, 5.74) is 7.35. The summed E-state index contributed by atoms with van der Waals surface area (Å²) in [7, 11) is 2.23. The SMILES string of the molecule is CC1CC1CN(C)C(CN)CCc1ccccc1. The Kier molecular flexibility index (Phi) is 4.79. The van der Waals surface area contributed by atoms with Crippen molar-refractivity contribution in [1.29, 1.82) is 0 Å². The number of hydrogen-bond acceptors (Lipinski definition) is 2. The molecule has 2 N–H and O–H groups in total. The van der Waals surface area contributed by atoms with E-state index in [0.29, 0.717) is 6.04 Å². The number of nitrogens with two attached hydrogens (primary N) is 1. The van der Waals surface area contributed by atoms with E-state index in [0.717, 1.165) is 31.2 Å². The van der Waals surface area contributed by atoms with Gasteiger partial charge in [0.2, 0.25) is 0 Å². The number of rotatable bonds is 7. The van der Waals surface area contributed by atoms with Crippen molar-refractivity contribution in [2.75, 3.05) is 20.1 Å². The molecule has 0 heterocycles. The predicted octanol–water partition coefficient (Wildman–Crippen LogP) is 2.53. The van der Waals surface area contributed by atoms with Crippen LogP contribution in [-0.2, 0) is 6.42 Å². The number of benzene rings is 1. The molecule has 0 bridgehead atoms. The molecule has 3 atom stereocenters. The normalized spacial score (nSPS) is 24.2. The molecule has 100 valence electrons. The summed E-state index contributed by atoms with van der Waals surface area (Å²) in [5, 5.41) is 0. The van der Waals surface area contributed by atoms with Crippen LogP contribution < -0.4 is 5.73 Å². The van der Waals surface area contributed by atoms with Crippen molar-refractivity contribution < 1.29 is 0 Å². The third kappa shape index (κ3) is 3.82. The second-order valence-electron chi connectivity index (χ2n) is 5.83. The molecule has 0 saturated heterocycles. The molecule has 1 aliphatic rings. The second-order valence-corrected chi connectivity index (χ2v) is 5.83. The van der Waals surface area contributed by atoms with Gasteiger partial charge in [0.1, 0.15) is 0 Å². The van der Waals surface area contributed by atoms with E-state index in [2.05, 4.69) is 49.2 Å². The summed E-state index contributed by atoms with van der Waals surface area (Å²) < 4.78 is 0. The van der Waals surface area contributed by atoms with Gasteiger partial charge in [0.15, 0.2) is 0 Å². The summed E-state index contributed by atoms with van der Waals surface area (Å²) in [6.07, 6.45) is 3.70. The molecule has 2 nitrogen and oxygen atoms in total. The zero-order chi connectivity index (χ0) is 13.0. The van der Waals surface area contributed by atoms with E-state index in [1.165, 1.54) is 18.5 Å². The molecule has 1 aromatic rings. The molecule has 1 aromatic carbocycles. The van der Waals surface area contributed by atoms with Crippen LogP contribution in [0.1, 0.15) is 25.3 Å². The molecule has 0 radical (unpaired) electrons. The lowest BCUT2D eigenvalue weighted by atomic mass is 10.0. The maximum atomic E-state index is 5.93. The first kappa shape index (κ1) is 13.6. The van der Waals surface area contributed by atoms with Crippen molar-refractivity contribution in [2.24, 2.45) is 17.6 Å². The second kappa shape index (κ2) is 6.35. The van der Waals surface area contributed by atoms with Crippen molar-refractivity contribution in [1.82, 2.24) is 4.90 Å². The maximum Gasteiger partial charge on any atom is 0.0218 e. The minimum Gasteiger partial charge on any atom is -0.329 e. The molecule has 18 heavy (non-hydrogen) atoms. The highest BCUT2D eigenvalue weighted by Gasteiger charge is 2.34. The lowest BCUT2D eigenvalue weighted by Gasteiger charge is -2.27. The van der Waals surface area contributed by atoms with Crippen LogP contribution in [0.4, 0.5) is 0 Å². The van der Waals surface area contributed by atoms with E-state index >= 15 is 0 Å². The van der Waals surface area contributed by atoms with Gasteiger partial charge in [-0.15, -0.1) is 0 Å². The molecule has 1 fully saturated rings. The fraction of sp³-hybridized carbons (Fsp3) is 0.625. The Morgan fingerprint density at radius 2 is 2.00 bits per heavy atom. The molecule has 0 amide bonds. The Labute approximate surface area is 111 Å². The Morgan fingerprint density at radius 3 is 2.56 bits per heavy atom. The molecule has 0 spiro atoms. The third-order valence-electron chi connectivity index (χ3n) is 4.30. The molecule has 2 heteroatoms. The number of hydrogen-bond donors (Lipinski definition) is 1. The maximum absolute atomic E-state index is 5.93. The van der Waals surface area contributed by atoms with Gasteiger partial charge >= 0.3 is 0 Å². The van der Waals surface area contributed by atoms with E-state index in [1.807, 2.05) is 0 Å². The summed E-state index contributed by atoms with van der Waals surface area (Å²) in [5.74, 6) is 1.85. The fourth-order valence-corrected chi connectivity index (χ4v) is 2.67. The summed E-state index contributed by atoms with van der Waals surface area (Å²) in [6.45, 7) is 4.34. The zero-order valence-electron chi connectivity index (χ0n) is 11.7. The quantitative estimate of drug-likeness (QED) is 0.801. The highest BCUT2D eigenvalue weighted by Crippen LogP contribution is 2.38. The molecule has 0 aliphatic heterocycles. The van der Waals surface area contributed by atoms with Crippen LogP contribution in [0.15, 0.2) is 30.3 Å². The highest BCUT2D eigenvalue weighted by molar-refractivity contribution is 5.14. The zero-order valence-corrected chi connectivity index (χ0v) is 11.7. The van der Waals surface area contributed by atoms with Crippen molar-refractivity contribution in [3.63, 3.8) is 0 Å². The Bertz CT molecular complexity index is 349. The first-order chi connectivity index (χ1) is 8.70. The third-order valence-corrected chi connectivity index (χ3v) is 4.30. The monoisotopic (exact) mass is 246 g/mol. The largest absolute Gasteiger partial charge is 0.329 e. The van der Waals surface area contributed by atoms with Gasteiger partial charge < -0.3 is 10.6 Å². The summed E-state index contributed by atoms with van der Waals surface area (Å²) in [4.78, 5) is 2.47. The standard InChI is InChI=1S/C16H26N2/c1-13-10-15(13)12-18(2)16(11-17)9-8-14-6-4-3-5-7-14/h3-7,13,15-16H,8-12,17H2,1-2H3. The minimum atomic E-state index is 0.526. The van der Waals surface area contributed by atoms with Gasteiger partial charge in [-0.1, -0.05) is 37.3 Å². The van der Waals surface area contributed by atoms with E-state index < -0.39 is 0 Å². The van der Waals surface area contributed by atoms with Crippen LogP contribution in [0.3, 0.4) is 0 Å². The van der Waals surface area contributed by atoms with Crippen LogP contribution in [0.25, 0.3) is 0 Å². The van der Waals surface area contributed by atoms with Gasteiger partial charge in [-0.25, -0.2) is 0 Å². The molecular weight excluding hydrogens is 220 g/mol. The summed E-state index contributed by atoms with van der Waals surface area (Å²) in [6, 6.07) is 11.2. The first-order valence-electron chi connectivity index (χ1n) is 7.15. The van der Waals surface area contributed by atoms with Crippen molar-refractivity contribution in [2.45, 2.75) is 32.2 Å². The van der Waals surface area contributed by atoms with E-state index in [4.69, 9.17) is 5.73 Å². The molecule has 1 saturated carbocycles. The number of likely N-dealkylation sites (N-methyl/N-ethyl adjacent to an activating group) is 1. The molecule has 0 aromatic heterocycles. The van der Waals surface area contributed by atoms with Crippen LogP contribution >= 0.6 is 0 Å². The van der Waals surface area contributed by atoms with Crippen LogP contribution in [0, 0.1) is 11.8 Å². The average Bonchev–Trinajstić information content (AvgIpc) is 3.07. The topological polar surface area (TPSA) is 29.3 Å². The molecule has 3 unspecified atom stereocenters. The van der Waals surface area contributed by atoms with Crippen molar-refractivity contribution >= 4 is 0 Å². The van der Waals surface area contributed by atoms with Crippen molar-refractivity contribution in [3.05, 3.63) is 35.9 Å².